The van der Waals surface area contributed by atoms with E-state index in [1.54, 1.807) is 7.05 Å². The van der Waals surface area contributed by atoms with Gasteiger partial charge < -0.3 is 5.32 Å². The van der Waals surface area contributed by atoms with Gasteiger partial charge in [-0.05, 0) is 53.4 Å². The minimum absolute atomic E-state index is 0.159. The van der Waals surface area contributed by atoms with Crippen LogP contribution in [0.5, 0.6) is 0 Å². The van der Waals surface area contributed by atoms with E-state index in [4.69, 9.17) is 0 Å². The van der Waals surface area contributed by atoms with E-state index < -0.39 is 11.6 Å². The Morgan fingerprint density at radius 3 is 2.56 bits per heavy atom. The normalized spacial score (nSPS) is 25.6. The molecule has 0 bridgehead atoms. The molecule has 1 aromatic carbocycles. The number of rotatable bonds is 3. The smallest absolute Gasteiger partial charge is 0.145 e. The summed E-state index contributed by atoms with van der Waals surface area (Å²) in [4.78, 5) is 0. The molecule has 4 heteroatoms. The maximum Gasteiger partial charge on any atom is 0.145 e. The first-order valence-electron chi connectivity index (χ1n) is 5.37. The summed E-state index contributed by atoms with van der Waals surface area (Å²) < 4.78 is 27.9. The first-order chi connectivity index (χ1) is 7.56. The summed E-state index contributed by atoms with van der Waals surface area (Å²) in [5.41, 5.74) is 0.159. The number of hydrogen-bond acceptors (Lipinski definition) is 1. The molecule has 0 saturated heterocycles. The maximum absolute atomic E-state index is 13.9. The molecule has 0 spiro atoms. The van der Waals surface area contributed by atoms with Crippen molar-refractivity contribution < 1.29 is 8.78 Å². The molecule has 0 aliphatic heterocycles. The second kappa shape index (κ2) is 4.41. The number of benzene rings is 1. The molecule has 1 aromatic rings. The van der Waals surface area contributed by atoms with Crippen LogP contribution in [0.2, 0.25) is 0 Å². The lowest BCUT2D eigenvalue weighted by atomic mass is 10.00. The summed E-state index contributed by atoms with van der Waals surface area (Å²) in [6.45, 7) is 2.10. The Morgan fingerprint density at radius 1 is 1.44 bits per heavy atom. The van der Waals surface area contributed by atoms with Crippen molar-refractivity contribution in [2.75, 3.05) is 7.05 Å². The first-order valence-corrected chi connectivity index (χ1v) is 6.16. The van der Waals surface area contributed by atoms with Crippen molar-refractivity contribution in [1.82, 2.24) is 5.32 Å². The van der Waals surface area contributed by atoms with Gasteiger partial charge in [0, 0.05) is 11.6 Å². The topological polar surface area (TPSA) is 12.0 Å². The monoisotopic (exact) mass is 289 g/mol. The van der Waals surface area contributed by atoms with Gasteiger partial charge in [0.25, 0.3) is 0 Å². The molecule has 1 N–H and O–H groups in total. The quantitative estimate of drug-likeness (QED) is 0.838. The summed E-state index contributed by atoms with van der Waals surface area (Å²) in [5.74, 6) is -0.0869. The van der Waals surface area contributed by atoms with Crippen molar-refractivity contribution in [2.24, 2.45) is 11.8 Å². The lowest BCUT2D eigenvalue weighted by Crippen LogP contribution is -2.22. The molecule has 1 saturated carbocycles. The van der Waals surface area contributed by atoms with E-state index in [9.17, 15) is 8.78 Å². The van der Waals surface area contributed by atoms with Crippen LogP contribution in [0.1, 0.15) is 24.9 Å². The lowest BCUT2D eigenvalue weighted by Gasteiger charge is -2.18. The predicted octanol–water partition coefficient (Wildman–Crippen LogP) is 3.64. The summed E-state index contributed by atoms with van der Waals surface area (Å²) in [6.07, 6.45) is 1.02. The maximum atomic E-state index is 13.9. The summed E-state index contributed by atoms with van der Waals surface area (Å²) in [7, 11) is 1.75. The molecule has 1 aliphatic carbocycles. The Balaban J connectivity index is 2.41. The van der Waals surface area contributed by atoms with Crippen molar-refractivity contribution in [1.29, 1.82) is 0 Å². The Bertz CT molecular complexity index is 408. The van der Waals surface area contributed by atoms with Crippen LogP contribution < -0.4 is 5.32 Å². The van der Waals surface area contributed by atoms with E-state index in [2.05, 4.69) is 28.2 Å². The largest absolute Gasteiger partial charge is 0.313 e. The molecule has 1 aliphatic rings. The third kappa shape index (κ3) is 2.00. The van der Waals surface area contributed by atoms with E-state index >= 15 is 0 Å². The van der Waals surface area contributed by atoms with Crippen molar-refractivity contribution >= 4 is 15.9 Å². The van der Waals surface area contributed by atoms with Crippen LogP contribution in [0, 0.1) is 23.5 Å². The van der Waals surface area contributed by atoms with Crippen LogP contribution in [0.25, 0.3) is 0 Å². The van der Waals surface area contributed by atoms with Gasteiger partial charge in [-0.1, -0.05) is 6.92 Å². The molecule has 3 unspecified atom stereocenters. The molecule has 2 rings (SSSR count). The van der Waals surface area contributed by atoms with E-state index in [1.165, 1.54) is 12.1 Å². The van der Waals surface area contributed by atoms with E-state index in [0.29, 0.717) is 16.3 Å². The van der Waals surface area contributed by atoms with Crippen molar-refractivity contribution in [3.05, 3.63) is 33.8 Å². The lowest BCUT2D eigenvalue weighted by molar-refractivity contribution is 0.443. The molecular weight excluding hydrogens is 276 g/mol. The SMILES string of the molecule is CNC(c1c(F)ccc(Br)c1F)C1CC1C. The highest BCUT2D eigenvalue weighted by Crippen LogP contribution is 2.48. The van der Waals surface area contributed by atoms with Crippen LogP contribution in [0.4, 0.5) is 8.78 Å². The number of hydrogen-bond donors (Lipinski definition) is 1. The molecule has 0 radical (unpaired) electrons. The number of nitrogens with one attached hydrogen (secondary N) is 1. The van der Waals surface area contributed by atoms with Gasteiger partial charge in [0.05, 0.1) is 4.47 Å². The Labute approximate surface area is 102 Å². The highest BCUT2D eigenvalue weighted by atomic mass is 79.9. The van der Waals surface area contributed by atoms with E-state index in [-0.39, 0.29) is 11.6 Å². The average molecular weight is 290 g/mol. The van der Waals surface area contributed by atoms with Gasteiger partial charge in [0.15, 0.2) is 0 Å². The van der Waals surface area contributed by atoms with Gasteiger partial charge in [0.2, 0.25) is 0 Å². The molecule has 16 heavy (non-hydrogen) atoms. The third-order valence-corrected chi connectivity index (χ3v) is 3.91. The first kappa shape index (κ1) is 12.0. The Hall–Kier alpha value is -0.480. The van der Waals surface area contributed by atoms with Gasteiger partial charge in [-0.2, -0.15) is 0 Å². The molecule has 0 heterocycles. The second-order valence-electron chi connectivity index (χ2n) is 4.40. The molecule has 1 fully saturated rings. The van der Waals surface area contributed by atoms with Gasteiger partial charge in [-0.15, -0.1) is 0 Å². The predicted molar refractivity (Wildman–Crippen MR) is 63.1 cm³/mol. The zero-order chi connectivity index (χ0) is 11.9. The van der Waals surface area contributed by atoms with Crippen LogP contribution in [-0.2, 0) is 0 Å². The van der Waals surface area contributed by atoms with Crippen LogP contribution in [-0.4, -0.2) is 7.05 Å². The second-order valence-corrected chi connectivity index (χ2v) is 5.25. The standard InChI is InChI=1S/C12H14BrF2N/c1-6-5-7(6)12(16-2)10-9(14)4-3-8(13)11(10)15/h3-4,6-7,12,16H,5H2,1-2H3. The Kier molecular flexibility index (Phi) is 3.31. The van der Waals surface area contributed by atoms with Crippen molar-refractivity contribution in [3.8, 4) is 0 Å². The van der Waals surface area contributed by atoms with E-state index in [0.717, 1.165) is 6.42 Å². The number of halogens is 3. The zero-order valence-corrected chi connectivity index (χ0v) is 10.8. The molecule has 88 valence electrons. The molecule has 3 atom stereocenters. The van der Waals surface area contributed by atoms with Crippen molar-refractivity contribution in [2.45, 2.75) is 19.4 Å². The fourth-order valence-corrected chi connectivity index (χ4v) is 2.56. The van der Waals surface area contributed by atoms with Gasteiger partial charge in [0.1, 0.15) is 11.6 Å². The van der Waals surface area contributed by atoms with Crippen molar-refractivity contribution in [3.63, 3.8) is 0 Å². The van der Waals surface area contributed by atoms with Crippen LogP contribution >= 0.6 is 15.9 Å². The van der Waals surface area contributed by atoms with Crippen LogP contribution in [0.15, 0.2) is 16.6 Å². The summed E-state index contributed by atoms with van der Waals surface area (Å²) in [5, 5.41) is 3.02. The van der Waals surface area contributed by atoms with Crippen LogP contribution in [0.3, 0.4) is 0 Å². The summed E-state index contributed by atoms with van der Waals surface area (Å²) >= 11 is 3.09. The highest BCUT2D eigenvalue weighted by molar-refractivity contribution is 9.10. The fourth-order valence-electron chi connectivity index (χ4n) is 2.22. The molecule has 1 nitrogen and oxygen atoms in total. The molecular formula is C12H14BrF2N. The molecule has 0 amide bonds. The minimum Gasteiger partial charge on any atom is -0.313 e. The zero-order valence-electron chi connectivity index (χ0n) is 9.23. The van der Waals surface area contributed by atoms with Gasteiger partial charge in [-0.25, -0.2) is 8.78 Å². The molecule has 0 aromatic heterocycles. The fraction of sp³-hybridized carbons (Fsp3) is 0.500. The Morgan fingerprint density at radius 2 is 2.06 bits per heavy atom. The summed E-state index contributed by atoms with van der Waals surface area (Å²) in [6, 6.07) is 2.48. The van der Waals surface area contributed by atoms with Gasteiger partial charge in [-0.3, -0.25) is 0 Å². The highest BCUT2D eigenvalue weighted by Gasteiger charge is 2.41. The van der Waals surface area contributed by atoms with E-state index in [1.807, 2.05) is 0 Å². The van der Waals surface area contributed by atoms with Gasteiger partial charge >= 0.3 is 0 Å². The average Bonchev–Trinajstić information content (AvgIpc) is 2.96. The third-order valence-electron chi connectivity index (χ3n) is 3.30. The minimum atomic E-state index is -0.488.